The second-order valence-electron chi connectivity index (χ2n) is 4.50. The van der Waals surface area contributed by atoms with Crippen molar-refractivity contribution in [2.75, 3.05) is 6.54 Å². The van der Waals surface area contributed by atoms with Crippen molar-refractivity contribution in [2.24, 2.45) is 0 Å². The summed E-state index contributed by atoms with van der Waals surface area (Å²) in [5, 5.41) is 3.97. The fraction of sp³-hybridized carbons (Fsp3) is 0.250. The summed E-state index contributed by atoms with van der Waals surface area (Å²) in [6.07, 6.45) is 1.14. The first-order valence-corrected chi connectivity index (χ1v) is 7.78. The number of nitrogens with one attached hydrogen (secondary N) is 1. The van der Waals surface area contributed by atoms with Gasteiger partial charge in [-0.25, -0.2) is 0 Å². The van der Waals surface area contributed by atoms with Crippen molar-refractivity contribution in [2.45, 2.75) is 19.9 Å². The van der Waals surface area contributed by atoms with E-state index in [0.29, 0.717) is 10.8 Å². The van der Waals surface area contributed by atoms with Crippen molar-refractivity contribution in [3.05, 3.63) is 57.5 Å². The fourth-order valence-corrected chi connectivity index (χ4v) is 2.26. The smallest absolute Gasteiger partial charge is 0.147 e. The SMILES string of the molecule is CCCNCc1ccc(Oc2cc(Br)ccc2Cl)cc1. The molecule has 0 aliphatic rings. The third kappa shape index (κ3) is 4.51. The topological polar surface area (TPSA) is 21.3 Å². The van der Waals surface area contributed by atoms with E-state index in [2.05, 4.69) is 40.3 Å². The van der Waals surface area contributed by atoms with Gasteiger partial charge >= 0.3 is 0 Å². The fourth-order valence-electron chi connectivity index (χ4n) is 1.77. The molecule has 4 heteroatoms. The maximum absolute atomic E-state index is 6.11. The zero-order valence-corrected chi connectivity index (χ0v) is 13.7. The Morgan fingerprint density at radius 1 is 1.15 bits per heavy atom. The Hall–Kier alpha value is -1.03. The molecule has 0 bridgehead atoms. The van der Waals surface area contributed by atoms with Crippen LogP contribution in [0.3, 0.4) is 0 Å². The highest BCUT2D eigenvalue weighted by Crippen LogP contribution is 2.31. The molecule has 0 saturated carbocycles. The summed E-state index contributed by atoms with van der Waals surface area (Å²) in [7, 11) is 0. The van der Waals surface area contributed by atoms with Crippen molar-refractivity contribution in [1.82, 2.24) is 5.32 Å². The molecule has 0 atom stereocenters. The number of hydrogen-bond acceptors (Lipinski definition) is 2. The lowest BCUT2D eigenvalue weighted by Gasteiger charge is -2.09. The lowest BCUT2D eigenvalue weighted by atomic mass is 10.2. The molecule has 2 aromatic rings. The monoisotopic (exact) mass is 353 g/mol. The normalized spacial score (nSPS) is 10.6. The summed E-state index contributed by atoms with van der Waals surface area (Å²) in [6.45, 7) is 4.07. The van der Waals surface area contributed by atoms with Crippen LogP contribution in [0.1, 0.15) is 18.9 Å². The Bertz CT molecular complexity index is 557. The van der Waals surface area contributed by atoms with Crippen LogP contribution in [0.4, 0.5) is 0 Å². The second kappa shape index (κ2) is 7.67. The van der Waals surface area contributed by atoms with Crippen molar-refractivity contribution in [1.29, 1.82) is 0 Å². The van der Waals surface area contributed by atoms with E-state index >= 15 is 0 Å². The Balaban J connectivity index is 2.01. The van der Waals surface area contributed by atoms with E-state index in [1.165, 1.54) is 5.56 Å². The Labute approximate surface area is 133 Å². The molecular weight excluding hydrogens is 338 g/mol. The van der Waals surface area contributed by atoms with E-state index in [1.54, 1.807) is 0 Å². The Kier molecular flexibility index (Phi) is 5.89. The lowest BCUT2D eigenvalue weighted by Crippen LogP contribution is -2.13. The van der Waals surface area contributed by atoms with Gasteiger partial charge in [0.1, 0.15) is 11.5 Å². The summed E-state index contributed by atoms with van der Waals surface area (Å²) >= 11 is 9.52. The second-order valence-corrected chi connectivity index (χ2v) is 5.82. The number of halogens is 2. The third-order valence-corrected chi connectivity index (χ3v) is 3.61. The quantitative estimate of drug-likeness (QED) is 0.702. The molecule has 2 rings (SSSR count). The highest BCUT2D eigenvalue weighted by Gasteiger charge is 2.04. The van der Waals surface area contributed by atoms with Crippen molar-refractivity contribution in [3.63, 3.8) is 0 Å². The van der Waals surface area contributed by atoms with Gasteiger partial charge in [-0.2, -0.15) is 0 Å². The molecule has 0 unspecified atom stereocenters. The van der Waals surface area contributed by atoms with Gasteiger partial charge < -0.3 is 10.1 Å². The number of benzene rings is 2. The molecule has 106 valence electrons. The van der Waals surface area contributed by atoms with Gasteiger partial charge in [-0.1, -0.05) is 46.6 Å². The van der Waals surface area contributed by atoms with E-state index < -0.39 is 0 Å². The van der Waals surface area contributed by atoms with Crippen LogP contribution < -0.4 is 10.1 Å². The van der Waals surface area contributed by atoms with Gasteiger partial charge in [0.2, 0.25) is 0 Å². The van der Waals surface area contributed by atoms with Crippen LogP contribution in [0.15, 0.2) is 46.9 Å². The molecule has 0 heterocycles. The summed E-state index contributed by atoms with van der Waals surface area (Å²) in [4.78, 5) is 0. The first-order valence-electron chi connectivity index (χ1n) is 6.61. The van der Waals surface area contributed by atoms with Crippen LogP contribution in [0.2, 0.25) is 5.02 Å². The number of rotatable bonds is 6. The van der Waals surface area contributed by atoms with Crippen LogP contribution in [0, 0.1) is 0 Å². The van der Waals surface area contributed by atoms with Crippen LogP contribution in [-0.4, -0.2) is 6.54 Å². The van der Waals surface area contributed by atoms with E-state index in [1.807, 2.05) is 30.3 Å². The van der Waals surface area contributed by atoms with Crippen LogP contribution in [0.5, 0.6) is 11.5 Å². The molecule has 0 aliphatic heterocycles. The molecule has 0 radical (unpaired) electrons. The molecule has 2 aromatic carbocycles. The predicted molar refractivity (Wildman–Crippen MR) is 87.7 cm³/mol. The Morgan fingerprint density at radius 2 is 1.90 bits per heavy atom. The van der Waals surface area contributed by atoms with E-state index in [0.717, 1.165) is 29.7 Å². The summed E-state index contributed by atoms with van der Waals surface area (Å²) in [5.41, 5.74) is 1.24. The average Bonchev–Trinajstić information content (AvgIpc) is 2.45. The molecule has 1 N–H and O–H groups in total. The number of ether oxygens (including phenoxy) is 1. The van der Waals surface area contributed by atoms with Gasteiger partial charge in [0, 0.05) is 11.0 Å². The van der Waals surface area contributed by atoms with Gasteiger partial charge in [0.25, 0.3) is 0 Å². The highest BCUT2D eigenvalue weighted by atomic mass is 79.9. The van der Waals surface area contributed by atoms with Crippen LogP contribution in [-0.2, 0) is 6.54 Å². The predicted octanol–water partition coefficient (Wildman–Crippen LogP) is 5.39. The summed E-state index contributed by atoms with van der Waals surface area (Å²) < 4.78 is 6.73. The zero-order valence-electron chi connectivity index (χ0n) is 11.3. The van der Waals surface area contributed by atoms with Gasteiger partial charge in [-0.15, -0.1) is 0 Å². The molecule has 0 saturated heterocycles. The minimum atomic E-state index is 0.599. The summed E-state index contributed by atoms with van der Waals surface area (Å²) in [6, 6.07) is 13.6. The molecular formula is C16H17BrClNO. The van der Waals surface area contributed by atoms with Crippen LogP contribution in [0.25, 0.3) is 0 Å². The van der Waals surface area contributed by atoms with Crippen molar-refractivity contribution >= 4 is 27.5 Å². The lowest BCUT2D eigenvalue weighted by molar-refractivity contribution is 0.482. The minimum Gasteiger partial charge on any atom is -0.456 e. The van der Waals surface area contributed by atoms with Gasteiger partial charge in [-0.3, -0.25) is 0 Å². The average molecular weight is 355 g/mol. The molecule has 2 nitrogen and oxygen atoms in total. The first-order chi connectivity index (χ1) is 9.69. The van der Waals surface area contributed by atoms with Crippen molar-refractivity contribution in [3.8, 4) is 11.5 Å². The minimum absolute atomic E-state index is 0.599. The van der Waals surface area contributed by atoms with Crippen LogP contribution >= 0.6 is 27.5 Å². The van der Waals surface area contributed by atoms with Gasteiger partial charge in [0.15, 0.2) is 0 Å². The maximum Gasteiger partial charge on any atom is 0.147 e. The van der Waals surface area contributed by atoms with Gasteiger partial charge in [0.05, 0.1) is 5.02 Å². The Morgan fingerprint density at radius 3 is 2.60 bits per heavy atom. The summed E-state index contributed by atoms with van der Waals surface area (Å²) in [5.74, 6) is 1.43. The van der Waals surface area contributed by atoms with E-state index in [4.69, 9.17) is 16.3 Å². The zero-order chi connectivity index (χ0) is 14.4. The molecule has 0 fully saturated rings. The largest absolute Gasteiger partial charge is 0.456 e. The highest BCUT2D eigenvalue weighted by molar-refractivity contribution is 9.10. The van der Waals surface area contributed by atoms with Gasteiger partial charge in [-0.05, 0) is 48.9 Å². The van der Waals surface area contributed by atoms with E-state index in [9.17, 15) is 0 Å². The molecule has 0 aliphatic carbocycles. The van der Waals surface area contributed by atoms with E-state index in [-0.39, 0.29) is 0 Å². The van der Waals surface area contributed by atoms with Crippen molar-refractivity contribution < 1.29 is 4.74 Å². The molecule has 20 heavy (non-hydrogen) atoms. The molecule has 0 spiro atoms. The standard InChI is InChI=1S/C16H17BrClNO/c1-2-9-19-11-12-3-6-14(7-4-12)20-16-10-13(17)5-8-15(16)18/h3-8,10,19H,2,9,11H2,1H3. The molecule has 0 amide bonds. The first kappa shape index (κ1) is 15.4. The maximum atomic E-state index is 6.11. The number of hydrogen-bond donors (Lipinski definition) is 1. The third-order valence-electron chi connectivity index (χ3n) is 2.80. The molecule has 0 aromatic heterocycles.